The number of ether oxygens (including phenoxy) is 2. The van der Waals surface area contributed by atoms with Crippen LogP contribution in [0.25, 0.3) is 0 Å². The lowest BCUT2D eigenvalue weighted by Crippen LogP contribution is -2.48. The first-order valence-corrected chi connectivity index (χ1v) is 7.31. The van der Waals surface area contributed by atoms with Crippen molar-refractivity contribution in [3.05, 3.63) is 23.3 Å². The zero-order valence-corrected chi connectivity index (χ0v) is 14.4. The Morgan fingerprint density at radius 2 is 1.86 bits per heavy atom. The summed E-state index contributed by atoms with van der Waals surface area (Å²) in [7, 11) is 3.19. The number of amides is 1. The van der Waals surface area contributed by atoms with E-state index >= 15 is 0 Å². The summed E-state index contributed by atoms with van der Waals surface area (Å²) in [4.78, 5) is 12.5. The summed E-state index contributed by atoms with van der Waals surface area (Å²) in [6.45, 7) is 5.93. The van der Waals surface area contributed by atoms with Crippen LogP contribution < -0.4 is 20.1 Å². The molecule has 0 saturated carbocycles. The Bertz CT molecular complexity index is 497. The topological polar surface area (TPSA) is 59.6 Å². The Labute approximate surface area is 138 Å². The highest BCUT2D eigenvalue weighted by molar-refractivity contribution is 5.95. The number of piperidine rings is 1. The van der Waals surface area contributed by atoms with E-state index in [2.05, 4.69) is 17.6 Å². The van der Waals surface area contributed by atoms with Gasteiger partial charge in [-0.3, -0.25) is 4.79 Å². The second kappa shape index (κ2) is 8.25. The van der Waals surface area contributed by atoms with E-state index in [1.165, 1.54) is 0 Å². The van der Waals surface area contributed by atoms with Crippen molar-refractivity contribution in [1.82, 2.24) is 10.6 Å². The number of halogens is 1. The summed E-state index contributed by atoms with van der Waals surface area (Å²) in [5, 5.41) is 6.45. The zero-order chi connectivity index (χ0) is 15.4. The molecule has 1 aromatic carbocycles. The number of carbonyl (C=O) groups is 1. The minimum absolute atomic E-state index is 0. The smallest absolute Gasteiger partial charge is 0.251 e. The molecule has 1 fully saturated rings. The van der Waals surface area contributed by atoms with Crippen LogP contribution >= 0.6 is 12.4 Å². The van der Waals surface area contributed by atoms with Crippen molar-refractivity contribution in [3.8, 4) is 11.5 Å². The predicted molar refractivity (Wildman–Crippen MR) is 89.4 cm³/mol. The lowest BCUT2D eigenvalue weighted by atomic mass is 9.95. The maximum Gasteiger partial charge on any atom is 0.251 e. The van der Waals surface area contributed by atoms with Gasteiger partial charge in [0, 0.05) is 17.2 Å². The van der Waals surface area contributed by atoms with Gasteiger partial charge in [0.05, 0.1) is 14.2 Å². The van der Waals surface area contributed by atoms with Crippen LogP contribution in [0.1, 0.15) is 29.3 Å². The SMILES string of the molecule is COc1cc(C(=O)NC2CCNCC2C)cc(OC)c1C.Cl. The molecule has 1 saturated heterocycles. The Morgan fingerprint density at radius 3 is 2.36 bits per heavy atom. The standard InChI is InChI=1S/C16H24N2O3.ClH/c1-10-9-17-6-5-13(10)18-16(19)12-7-14(20-3)11(2)15(8-12)21-4;/h7-8,10,13,17H,5-6,9H2,1-4H3,(H,18,19);1H. The van der Waals surface area contributed by atoms with Gasteiger partial charge in [-0.05, 0) is 44.5 Å². The Morgan fingerprint density at radius 1 is 1.27 bits per heavy atom. The Kier molecular flexibility index (Phi) is 6.97. The molecular formula is C16H25ClN2O3. The van der Waals surface area contributed by atoms with Gasteiger partial charge in [-0.25, -0.2) is 0 Å². The quantitative estimate of drug-likeness (QED) is 0.889. The van der Waals surface area contributed by atoms with Gasteiger partial charge in [-0.15, -0.1) is 12.4 Å². The minimum atomic E-state index is -0.0784. The highest BCUT2D eigenvalue weighted by Crippen LogP contribution is 2.29. The van der Waals surface area contributed by atoms with Gasteiger partial charge in [0.1, 0.15) is 11.5 Å². The van der Waals surface area contributed by atoms with Gasteiger partial charge in [-0.1, -0.05) is 6.92 Å². The van der Waals surface area contributed by atoms with E-state index in [4.69, 9.17) is 9.47 Å². The summed E-state index contributed by atoms with van der Waals surface area (Å²) in [6, 6.07) is 3.73. The van der Waals surface area contributed by atoms with Crippen LogP contribution in [0.15, 0.2) is 12.1 Å². The highest BCUT2D eigenvalue weighted by atomic mass is 35.5. The van der Waals surface area contributed by atoms with E-state index in [-0.39, 0.29) is 24.4 Å². The van der Waals surface area contributed by atoms with Gasteiger partial charge in [0.15, 0.2) is 0 Å². The molecule has 1 aromatic rings. The molecule has 2 atom stereocenters. The molecule has 2 rings (SSSR count). The molecule has 0 aliphatic carbocycles. The maximum atomic E-state index is 12.5. The largest absolute Gasteiger partial charge is 0.496 e. The van der Waals surface area contributed by atoms with Crippen molar-refractivity contribution in [2.45, 2.75) is 26.3 Å². The first-order valence-electron chi connectivity index (χ1n) is 7.31. The van der Waals surface area contributed by atoms with Crippen molar-refractivity contribution < 1.29 is 14.3 Å². The lowest BCUT2D eigenvalue weighted by Gasteiger charge is -2.30. The fraction of sp³-hybridized carbons (Fsp3) is 0.562. The third-order valence-corrected chi connectivity index (χ3v) is 4.12. The molecule has 0 bridgehead atoms. The molecule has 1 aliphatic heterocycles. The zero-order valence-electron chi connectivity index (χ0n) is 13.6. The second-order valence-corrected chi connectivity index (χ2v) is 5.56. The van der Waals surface area contributed by atoms with E-state index in [0.29, 0.717) is 23.0 Å². The molecule has 22 heavy (non-hydrogen) atoms. The Balaban J connectivity index is 0.00000242. The molecule has 0 aromatic heterocycles. The first-order chi connectivity index (χ1) is 10.1. The van der Waals surface area contributed by atoms with E-state index < -0.39 is 0 Å². The van der Waals surface area contributed by atoms with Crippen LogP contribution in [0.3, 0.4) is 0 Å². The summed E-state index contributed by atoms with van der Waals surface area (Å²) in [5.41, 5.74) is 1.46. The van der Waals surface area contributed by atoms with Gasteiger partial charge in [0.2, 0.25) is 0 Å². The number of methoxy groups -OCH3 is 2. The van der Waals surface area contributed by atoms with E-state index in [1.807, 2.05) is 6.92 Å². The molecule has 1 heterocycles. The molecule has 0 spiro atoms. The summed E-state index contributed by atoms with van der Waals surface area (Å²) in [6.07, 6.45) is 0.951. The summed E-state index contributed by atoms with van der Waals surface area (Å²) < 4.78 is 10.6. The highest BCUT2D eigenvalue weighted by Gasteiger charge is 2.23. The van der Waals surface area contributed by atoms with Crippen molar-refractivity contribution in [2.24, 2.45) is 5.92 Å². The number of hydrogen-bond donors (Lipinski definition) is 2. The normalized spacial score (nSPS) is 20.7. The minimum Gasteiger partial charge on any atom is -0.496 e. The number of rotatable bonds is 4. The molecule has 0 radical (unpaired) electrons. The van der Waals surface area contributed by atoms with Crippen LogP contribution in [0.4, 0.5) is 0 Å². The third-order valence-electron chi connectivity index (χ3n) is 4.12. The van der Waals surface area contributed by atoms with Crippen LogP contribution in [0.2, 0.25) is 0 Å². The Hall–Kier alpha value is -1.46. The fourth-order valence-corrected chi connectivity index (χ4v) is 2.70. The van der Waals surface area contributed by atoms with Crippen LogP contribution in [0.5, 0.6) is 11.5 Å². The van der Waals surface area contributed by atoms with Crippen LogP contribution in [0, 0.1) is 12.8 Å². The van der Waals surface area contributed by atoms with E-state index in [1.54, 1.807) is 26.4 Å². The number of hydrogen-bond acceptors (Lipinski definition) is 4. The molecule has 1 aliphatic rings. The van der Waals surface area contributed by atoms with E-state index in [0.717, 1.165) is 25.1 Å². The molecule has 2 N–H and O–H groups in total. The first kappa shape index (κ1) is 18.6. The van der Waals surface area contributed by atoms with Crippen molar-refractivity contribution >= 4 is 18.3 Å². The average molecular weight is 329 g/mol. The maximum absolute atomic E-state index is 12.5. The van der Waals surface area contributed by atoms with Crippen LogP contribution in [-0.2, 0) is 0 Å². The summed E-state index contributed by atoms with van der Waals surface area (Å²) >= 11 is 0. The molecule has 1 amide bonds. The predicted octanol–water partition coefficient (Wildman–Crippen LogP) is 2.16. The van der Waals surface area contributed by atoms with Crippen molar-refractivity contribution in [1.29, 1.82) is 0 Å². The van der Waals surface area contributed by atoms with E-state index in [9.17, 15) is 4.79 Å². The number of benzene rings is 1. The molecule has 5 nitrogen and oxygen atoms in total. The fourth-order valence-electron chi connectivity index (χ4n) is 2.70. The van der Waals surface area contributed by atoms with Gasteiger partial charge in [-0.2, -0.15) is 0 Å². The monoisotopic (exact) mass is 328 g/mol. The van der Waals surface area contributed by atoms with Gasteiger partial charge < -0.3 is 20.1 Å². The summed E-state index contributed by atoms with van der Waals surface area (Å²) in [5.74, 6) is 1.68. The van der Waals surface area contributed by atoms with Crippen molar-refractivity contribution in [2.75, 3.05) is 27.3 Å². The van der Waals surface area contributed by atoms with Gasteiger partial charge in [0.25, 0.3) is 5.91 Å². The number of carbonyl (C=O) groups excluding carboxylic acids is 1. The lowest BCUT2D eigenvalue weighted by molar-refractivity contribution is 0.0913. The molecule has 2 unspecified atom stereocenters. The average Bonchev–Trinajstić information content (AvgIpc) is 2.49. The third kappa shape index (κ3) is 4.05. The van der Waals surface area contributed by atoms with Gasteiger partial charge >= 0.3 is 0 Å². The second-order valence-electron chi connectivity index (χ2n) is 5.56. The molecular weight excluding hydrogens is 304 g/mol. The van der Waals surface area contributed by atoms with Crippen molar-refractivity contribution in [3.63, 3.8) is 0 Å². The molecule has 6 heteroatoms. The molecule has 124 valence electrons. The van der Waals surface area contributed by atoms with Crippen LogP contribution in [-0.4, -0.2) is 39.3 Å². The number of nitrogens with one attached hydrogen (secondary N) is 2.